The number of nitrogens with zero attached hydrogens (tertiary/aromatic N) is 2. The number of allylic oxidation sites excluding steroid dienone is 3. The zero-order chi connectivity index (χ0) is 22.8. The third-order valence-corrected chi connectivity index (χ3v) is 5.22. The van der Waals surface area contributed by atoms with Crippen LogP contribution in [0.3, 0.4) is 0 Å². The molecule has 1 amide bonds. The molecule has 0 aromatic heterocycles. The Morgan fingerprint density at radius 3 is 2.48 bits per heavy atom. The molecule has 0 fully saturated rings. The van der Waals surface area contributed by atoms with Gasteiger partial charge in [0.1, 0.15) is 5.75 Å². The fourth-order valence-corrected chi connectivity index (χ4v) is 3.34. The van der Waals surface area contributed by atoms with Gasteiger partial charge in [-0.2, -0.15) is 0 Å². The van der Waals surface area contributed by atoms with Crippen LogP contribution in [0, 0.1) is 0 Å². The number of ether oxygens (including phenoxy) is 1. The fraction of sp³-hybridized carbons (Fsp3) is 0.375. The van der Waals surface area contributed by atoms with Gasteiger partial charge in [0, 0.05) is 25.0 Å². The molecule has 0 saturated carbocycles. The van der Waals surface area contributed by atoms with E-state index in [2.05, 4.69) is 6.58 Å². The minimum atomic E-state index is -0.339. The van der Waals surface area contributed by atoms with Gasteiger partial charge in [0.05, 0.1) is 36.1 Å². The Morgan fingerprint density at radius 1 is 1.19 bits per heavy atom. The van der Waals surface area contributed by atoms with Gasteiger partial charge in [-0.3, -0.25) is 9.18 Å². The molecule has 0 aliphatic carbocycles. The van der Waals surface area contributed by atoms with E-state index in [1.54, 1.807) is 28.2 Å². The zero-order valence-electron chi connectivity index (χ0n) is 18.2. The Balaban J connectivity index is 2.33. The lowest BCUT2D eigenvalue weighted by molar-refractivity contribution is -0.130. The number of hydrogen-bond acceptors (Lipinski definition) is 4. The van der Waals surface area contributed by atoms with E-state index in [-0.39, 0.29) is 19.0 Å². The Bertz CT molecular complexity index is 858. The molecule has 0 atom stereocenters. The number of carbonyl (C=O) groups excluding carboxylic acids is 1. The number of halogens is 2. The first-order valence-electron chi connectivity index (χ1n) is 10.5. The van der Waals surface area contributed by atoms with Crippen molar-refractivity contribution in [3.63, 3.8) is 0 Å². The summed E-state index contributed by atoms with van der Waals surface area (Å²) >= 11 is 6.21. The summed E-state index contributed by atoms with van der Waals surface area (Å²) in [6.45, 7) is 9.30. The maximum atomic E-state index is 12.9. The van der Waals surface area contributed by atoms with E-state index in [0.717, 1.165) is 5.56 Å². The second kappa shape index (κ2) is 12.2. The SMILES string of the molecule is C=C1C=CC(Cl)=CN1/C(CC(=O)N(CC)CC)=C(\N)c1ccc(OCCCCF)cc1. The van der Waals surface area contributed by atoms with Crippen LogP contribution in [-0.4, -0.2) is 42.1 Å². The van der Waals surface area contributed by atoms with Gasteiger partial charge < -0.3 is 20.3 Å². The minimum Gasteiger partial charge on any atom is -0.494 e. The van der Waals surface area contributed by atoms with Crippen molar-refractivity contribution in [3.8, 4) is 5.75 Å². The summed E-state index contributed by atoms with van der Waals surface area (Å²) in [5.74, 6) is 0.659. The number of carbonyl (C=O) groups is 1. The molecule has 2 N–H and O–H groups in total. The van der Waals surface area contributed by atoms with Gasteiger partial charge in [-0.15, -0.1) is 0 Å². The normalized spacial score (nSPS) is 14.3. The first-order valence-corrected chi connectivity index (χ1v) is 10.9. The molecule has 7 heteroatoms. The number of unbranched alkanes of at least 4 members (excludes halogenated alkanes) is 1. The third kappa shape index (κ3) is 6.89. The molecule has 5 nitrogen and oxygen atoms in total. The monoisotopic (exact) mass is 447 g/mol. The van der Waals surface area contributed by atoms with Crippen LogP contribution < -0.4 is 10.5 Å². The van der Waals surface area contributed by atoms with Crippen LogP contribution in [0.25, 0.3) is 5.70 Å². The maximum absolute atomic E-state index is 12.9. The Labute approximate surface area is 189 Å². The van der Waals surface area contributed by atoms with E-state index >= 15 is 0 Å². The van der Waals surface area contributed by atoms with Gasteiger partial charge in [-0.25, -0.2) is 0 Å². The molecule has 0 radical (unpaired) electrons. The Kier molecular flexibility index (Phi) is 9.66. The molecule has 1 aromatic rings. The van der Waals surface area contributed by atoms with Crippen LogP contribution in [0.2, 0.25) is 0 Å². The summed E-state index contributed by atoms with van der Waals surface area (Å²) < 4.78 is 17.8. The predicted molar refractivity (Wildman–Crippen MR) is 125 cm³/mol. The van der Waals surface area contributed by atoms with E-state index in [0.29, 0.717) is 60.4 Å². The van der Waals surface area contributed by atoms with Crippen molar-refractivity contribution in [2.45, 2.75) is 33.1 Å². The second-order valence-corrected chi connectivity index (χ2v) is 7.52. The smallest absolute Gasteiger partial charge is 0.228 e. The lowest BCUT2D eigenvalue weighted by Crippen LogP contribution is -2.33. The van der Waals surface area contributed by atoms with Crippen molar-refractivity contribution >= 4 is 23.2 Å². The van der Waals surface area contributed by atoms with Gasteiger partial charge in [0.25, 0.3) is 0 Å². The third-order valence-electron chi connectivity index (χ3n) is 5.00. The number of benzene rings is 1. The molecule has 168 valence electrons. The Hall–Kier alpha value is -2.73. The lowest BCUT2D eigenvalue weighted by atomic mass is 10.1. The molecular formula is C24H31ClFN3O2. The molecule has 0 unspecified atom stereocenters. The van der Waals surface area contributed by atoms with E-state index in [4.69, 9.17) is 22.1 Å². The van der Waals surface area contributed by atoms with Gasteiger partial charge in [-0.1, -0.05) is 18.2 Å². The van der Waals surface area contributed by atoms with Crippen molar-refractivity contribution in [1.82, 2.24) is 9.80 Å². The molecule has 1 heterocycles. The first-order chi connectivity index (χ1) is 14.9. The molecule has 1 aliphatic heterocycles. The summed E-state index contributed by atoms with van der Waals surface area (Å²) in [6.07, 6.45) is 6.51. The number of amides is 1. The summed E-state index contributed by atoms with van der Waals surface area (Å²) in [7, 11) is 0. The lowest BCUT2D eigenvalue weighted by Gasteiger charge is -2.29. The van der Waals surface area contributed by atoms with Crippen LogP contribution in [0.5, 0.6) is 5.75 Å². The van der Waals surface area contributed by atoms with E-state index in [1.165, 1.54) is 0 Å². The molecule has 0 spiro atoms. The standard InChI is InChI=1S/C24H31ClFN3O2/c1-4-28(5-2)23(30)16-22(29-17-20(25)11-8-18(29)3)24(27)19-9-12-21(13-10-19)31-15-7-6-14-26/h8-13,17H,3-7,14-16,27H2,1-2H3/b24-22-. The highest BCUT2D eigenvalue weighted by molar-refractivity contribution is 6.31. The van der Waals surface area contributed by atoms with Crippen LogP contribution in [0.4, 0.5) is 4.39 Å². The van der Waals surface area contributed by atoms with Gasteiger partial charge in [0.2, 0.25) is 5.91 Å². The van der Waals surface area contributed by atoms with Crippen LogP contribution >= 0.6 is 11.6 Å². The topological polar surface area (TPSA) is 58.8 Å². The van der Waals surface area contributed by atoms with Gasteiger partial charge in [-0.05, 0) is 68.7 Å². The quantitative estimate of drug-likeness (QED) is 0.475. The molecule has 0 bridgehead atoms. The van der Waals surface area contributed by atoms with Crippen molar-refractivity contribution in [1.29, 1.82) is 0 Å². The Morgan fingerprint density at radius 2 is 1.87 bits per heavy atom. The molecule has 1 aliphatic rings. The molecule has 2 rings (SSSR count). The average Bonchev–Trinajstić information content (AvgIpc) is 2.77. The van der Waals surface area contributed by atoms with Gasteiger partial charge in [0.15, 0.2) is 0 Å². The summed E-state index contributed by atoms with van der Waals surface area (Å²) in [4.78, 5) is 16.4. The molecule has 1 aromatic carbocycles. The van der Waals surface area contributed by atoms with Gasteiger partial charge >= 0.3 is 0 Å². The highest BCUT2D eigenvalue weighted by Crippen LogP contribution is 2.29. The number of rotatable bonds is 11. The number of nitrogens with two attached hydrogens (primary N) is 1. The van der Waals surface area contributed by atoms with E-state index < -0.39 is 0 Å². The molecule has 0 saturated heterocycles. The zero-order valence-corrected chi connectivity index (χ0v) is 19.0. The molecule has 31 heavy (non-hydrogen) atoms. The van der Waals surface area contributed by atoms with Crippen molar-refractivity contribution < 1.29 is 13.9 Å². The second-order valence-electron chi connectivity index (χ2n) is 7.08. The van der Waals surface area contributed by atoms with E-state index in [9.17, 15) is 9.18 Å². The van der Waals surface area contributed by atoms with Crippen molar-refractivity contribution in [3.05, 3.63) is 71.2 Å². The summed E-state index contributed by atoms with van der Waals surface area (Å²) in [6, 6.07) is 7.32. The summed E-state index contributed by atoms with van der Waals surface area (Å²) in [5, 5.41) is 0.519. The van der Waals surface area contributed by atoms with Crippen molar-refractivity contribution in [2.24, 2.45) is 5.73 Å². The van der Waals surface area contributed by atoms with E-state index in [1.807, 2.05) is 38.1 Å². The highest BCUT2D eigenvalue weighted by atomic mass is 35.5. The predicted octanol–water partition coefficient (Wildman–Crippen LogP) is 5.17. The maximum Gasteiger partial charge on any atom is 0.228 e. The minimum absolute atomic E-state index is 0.0253. The number of alkyl halides is 1. The largest absolute Gasteiger partial charge is 0.494 e. The highest BCUT2D eigenvalue weighted by Gasteiger charge is 2.22. The van der Waals surface area contributed by atoms with Crippen molar-refractivity contribution in [2.75, 3.05) is 26.4 Å². The van der Waals surface area contributed by atoms with Crippen LogP contribution in [0.15, 0.2) is 65.6 Å². The fourth-order valence-electron chi connectivity index (χ4n) is 3.18. The first kappa shape index (κ1) is 24.5. The number of hydrogen-bond donors (Lipinski definition) is 1. The van der Waals surface area contributed by atoms with Crippen LogP contribution in [0.1, 0.15) is 38.7 Å². The average molecular weight is 448 g/mol. The molecular weight excluding hydrogens is 417 g/mol. The summed E-state index contributed by atoms with van der Waals surface area (Å²) in [5.41, 5.74) is 9.04. The van der Waals surface area contributed by atoms with Crippen LogP contribution in [-0.2, 0) is 4.79 Å².